The van der Waals surface area contributed by atoms with E-state index in [1.165, 1.54) is 6.07 Å². The first kappa shape index (κ1) is 20.0. The van der Waals surface area contributed by atoms with E-state index in [9.17, 15) is 8.96 Å². The number of fused-ring (bicyclic) bond motifs is 2. The van der Waals surface area contributed by atoms with Crippen molar-refractivity contribution in [3.63, 3.8) is 0 Å². The Kier molecular flexibility index (Phi) is 4.75. The van der Waals surface area contributed by atoms with Crippen molar-refractivity contribution in [3.05, 3.63) is 42.1 Å². The van der Waals surface area contributed by atoms with Gasteiger partial charge in [0.25, 0.3) is 0 Å². The number of nitrogens with one attached hydrogen (secondary N) is 3. The summed E-state index contributed by atoms with van der Waals surface area (Å²) < 4.78 is 29.4. The highest BCUT2D eigenvalue weighted by Crippen LogP contribution is 2.41. The van der Waals surface area contributed by atoms with Crippen molar-refractivity contribution in [2.45, 2.75) is 6.92 Å². The minimum absolute atomic E-state index is 0.280. The largest absolute Gasteiger partial charge is 0.369 e. The molecule has 1 aliphatic rings. The summed E-state index contributed by atoms with van der Waals surface area (Å²) in [6.07, 6.45) is 3.54. The molecule has 5 rings (SSSR count). The number of piperazine rings is 1. The van der Waals surface area contributed by atoms with E-state index in [0.29, 0.717) is 11.5 Å². The Balaban J connectivity index is 1.60. The molecule has 0 saturated carbocycles. The molecule has 10 heteroatoms. The van der Waals surface area contributed by atoms with Crippen LogP contribution in [0.5, 0.6) is 0 Å². The number of hydrogen-bond acceptors (Lipinski definition) is 6. The summed E-state index contributed by atoms with van der Waals surface area (Å²) in [5.41, 5.74) is 3.39. The molecule has 8 nitrogen and oxygen atoms in total. The number of aryl methyl sites for hydroxylation is 1. The summed E-state index contributed by atoms with van der Waals surface area (Å²) in [7, 11) is -2.62. The number of aromatic amines is 1. The van der Waals surface area contributed by atoms with Gasteiger partial charge in [0.05, 0.1) is 22.3 Å². The van der Waals surface area contributed by atoms with Crippen LogP contribution in [0.3, 0.4) is 0 Å². The number of nitrogens with zero attached hydrogens (tertiary/aromatic N) is 4. The van der Waals surface area contributed by atoms with Crippen molar-refractivity contribution < 1.29 is 8.96 Å². The molecule has 3 aromatic heterocycles. The van der Waals surface area contributed by atoms with Crippen LogP contribution in [0, 0.1) is 12.7 Å². The number of rotatable bonds is 4. The lowest BCUT2D eigenvalue weighted by atomic mass is 10.2. The van der Waals surface area contributed by atoms with Crippen LogP contribution >= 0.6 is 7.14 Å². The van der Waals surface area contributed by atoms with E-state index < -0.39 is 13.0 Å². The third-order valence-electron chi connectivity index (χ3n) is 5.58. The monoisotopic (exact) mass is 441 g/mol. The van der Waals surface area contributed by atoms with Gasteiger partial charge >= 0.3 is 0 Å². The molecule has 0 amide bonds. The number of H-pyrrole nitrogens is 1. The third kappa shape index (κ3) is 3.68. The van der Waals surface area contributed by atoms with Gasteiger partial charge in [0.15, 0.2) is 17.3 Å². The van der Waals surface area contributed by atoms with Crippen LogP contribution in [-0.4, -0.2) is 59.1 Å². The number of hydrogen-bond donors (Lipinski definition) is 3. The van der Waals surface area contributed by atoms with E-state index in [0.717, 1.165) is 53.8 Å². The molecule has 1 fully saturated rings. The average molecular weight is 441 g/mol. The lowest BCUT2D eigenvalue weighted by Crippen LogP contribution is -2.43. The van der Waals surface area contributed by atoms with Gasteiger partial charge in [0, 0.05) is 55.6 Å². The third-order valence-corrected chi connectivity index (χ3v) is 7.09. The zero-order valence-electron chi connectivity index (χ0n) is 17.7. The molecule has 1 saturated heterocycles. The number of benzene rings is 1. The van der Waals surface area contributed by atoms with Crippen LogP contribution in [0.4, 0.5) is 21.6 Å². The molecule has 4 aromatic rings. The summed E-state index contributed by atoms with van der Waals surface area (Å²) in [6, 6.07) is 5.45. The summed E-state index contributed by atoms with van der Waals surface area (Å²) >= 11 is 0. The molecule has 0 radical (unpaired) electrons. The predicted molar refractivity (Wildman–Crippen MR) is 123 cm³/mol. The summed E-state index contributed by atoms with van der Waals surface area (Å²) in [5.74, 6) is 0.104. The van der Waals surface area contributed by atoms with Crippen molar-refractivity contribution in [1.29, 1.82) is 0 Å². The first-order chi connectivity index (χ1) is 14.8. The van der Waals surface area contributed by atoms with Gasteiger partial charge in [-0.3, -0.25) is 5.10 Å². The van der Waals surface area contributed by atoms with Crippen molar-refractivity contribution in [1.82, 2.24) is 24.9 Å². The quantitative estimate of drug-likeness (QED) is 0.422. The molecule has 1 aliphatic heterocycles. The Labute approximate surface area is 179 Å². The Bertz CT molecular complexity index is 1330. The molecule has 31 heavy (non-hydrogen) atoms. The van der Waals surface area contributed by atoms with E-state index in [1.807, 2.05) is 19.1 Å². The van der Waals surface area contributed by atoms with Crippen molar-refractivity contribution in [2.75, 3.05) is 49.7 Å². The minimum atomic E-state index is -2.62. The van der Waals surface area contributed by atoms with Crippen molar-refractivity contribution in [2.24, 2.45) is 0 Å². The Hall–Kier alpha value is -2.90. The van der Waals surface area contributed by atoms with Gasteiger partial charge in [-0.1, -0.05) is 0 Å². The molecule has 0 bridgehead atoms. The highest BCUT2D eigenvalue weighted by Gasteiger charge is 2.23. The molecule has 0 atom stereocenters. The second-order valence-electron chi connectivity index (χ2n) is 8.36. The maximum atomic E-state index is 14.5. The van der Waals surface area contributed by atoms with E-state index in [-0.39, 0.29) is 5.65 Å². The Morgan fingerprint density at radius 1 is 1.16 bits per heavy atom. The first-order valence-corrected chi connectivity index (χ1v) is 12.8. The molecular weight excluding hydrogens is 416 g/mol. The van der Waals surface area contributed by atoms with Gasteiger partial charge in [-0.05, 0) is 32.4 Å². The number of imidazole rings is 1. The molecular formula is C21H25FN7OP. The predicted octanol–water partition coefficient (Wildman–Crippen LogP) is 3.06. The highest BCUT2D eigenvalue weighted by atomic mass is 31.2. The molecule has 0 spiro atoms. The average Bonchev–Trinajstić information content (AvgIpc) is 3.30. The van der Waals surface area contributed by atoms with Crippen molar-refractivity contribution >= 4 is 46.2 Å². The maximum Gasteiger partial charge on any atom is 0.173 e. The topological polar surface area (TPSA) is 90.4 Å². The smallest absolute Gasteiger partial charge is 0.173 e. The van der Waals surface area contributed by atoms with Crippen LogP contribution < -0.4 is 20.8 Å². The SMILES string of the molecule is Cc1cn2cc(Nc3n[nH]c4cc(N5CCNCC5)cc(P(C)(C)=O)c34)cc(F)c2n1. The fourth-order valence-electron chi connectivity index (χ4n) is 4.13. The van der Waals surface area contributed by atoms with Crippen LogP contribution in [0.2, 0.25) is 0 Å². The standard InChI is InChI=1S/C21H25FN7OP/c1-13-11-29-12-14(8-16(22)21(29)24-13)25-20-19-17(26-27-20)9-15(10-18(19)31(2,3)30)28-6-4-23-5-7-28/h8-12,23H,4-7H2,1-3H3,(H2,25,26,27). The fourth-order valence-corrected chi connectivity index (χ4v) is 5.33. The lowest BCUT2D eigenvalue weighted by Gasteiger charge is -2.30. The van der Waals surface area contributed by atoms with Gasteiger partial charge in [-0.25, -0.2) is 9.37 Å². The van der Waals surface area contributed by atoms with Crippen LogP contribution in [-0.2, 0) is 4.57 Å². The molecule has 162 valence electrons. The Morgan fingerprint density at radius 3 is 2.68 bits per heavy atom. The molecule has 4 heterocycles. The van der Waals surface area contributed by atoms with Gasteiger partial charge < -0.3 is 24.5 Å². The zero-order chi connectivity index (χ0) is 21.8. The van der Waals surface area contributed by atoms with E-state index in [2.05, 4.69) is 30.7 Å². The summed E-state index contributed by atoms with van der Waals surface area (Å²) in [5, 5.41) is 15.6. The molecule has 3 N–H and O–H groups in total. The van der Waals surface area contributed by atoms with Crippen LogP contribution in [0.25, 0.3) is 16.6 Å². The lowest BCUT2D eigenvalue weighted by molar-refractivity contribution is 0.587. The van der Waals surface area contributed by atoms with Gasteiger partial charge in [0.1, 0.15) is 7.14 Å². The first-order valence-electron chi connectivity index (χ1n) is 10.2. The maximum absolute atomic E-state index is 14.5. The number of aromatic nitrogens is 4. The van der Waals surface area contributed by atoms with E-state index in [1.54, 1.807) is 30.1 Å². The second kappa shape index (κ2) is 7.35. The van der Waals surface area contributed by atoms with E-state index in [4.69, 9.17) is 0 Å². The minimum Gasteiger partial charge on any atom is -0.369 e. The van der Waals surface area contributed by atoms with Gasteiger partial charge in [0.2, 0.25) is 0 Å². The normalized spacial score (nSPS) is 15.2. The van der Waals surface area contributed by atoms with Crippen LogP contribution in [0.15, 0.2) is 30.6 Å². The summed E-state index contributed by atoms with van der Waals surface area (Å²) in [4.78, 5) is 6.48. The van der Waals surface area contributed by atoms with Crippen molar-refractivity contribution in [3.8, 4) is 0 Å². The number of pyridine rings is 1. The number of halogens is 1. The highest BCUT2D eigenvalue weighted by molar-refractivity contribution is 7.70. The zero-order valence-corrected chi connectivity index (χ0v) is 18.6. The molecule has 0 unspecified atom stereocenters. The van der Waals surface area contributed by atoms with Crippen LogP contribution in [0.1, 0.15) is 5.69 Å². The fraction of sp³-hybridized carbons (Fsp3) is 0.333. The van der Waals surface area contributed by atoms with Gasteiger partial charge in [-0.2, -0.15) is 5.10 Å². The summed E-state index contributed by atoms with van der Waals surface area (Å²) in [6.45, 7) is 8.97. The Morgan fingerprint density at radius 2 is 1.94 bits per heavy atom. The van der Waals surface area contributed by atoms with Gasteiger partial charge in [-0.15, -0.1) is 0 Å². The molecule has 1 aromatic carbocycles. The van der Waals surface area contributed by atoms with E-state index >= 15 is 0 Å². The molecule has 0 aliphatic carbocycles. The number of anilines is 3. The second-order valence-corrected chi connectivity index (χ2v) is 11.5.